The minimum absolute atomic E-state index is 0.0383. The van der Waals surface area contributed by atoms with Crippen LogP contribution in [0, 0.1) is 0 Å². The van der Waals surface area contributed by atoms with E-state index in [-0.39, 0.29) is 11.4 Å². The minimum Gasteiger partial charge on any atom is -0.493 e. The normalized spacial score (nSPS) is 16.4. The van der Waals surface area contributed by atoms with Crippen molar-refractivity contribution < 1.29 is 14.3 Å². The van der Waals surface area contributed by atoms with Gasteiger partial charge in [0.1, 0.15) is 5.37 Å². The minimum atomic E-state index is -0.0734. The third-order valence-electron chi connectivity index (χ3n) is 4.48. The molecule has 1 aliphatic heterocycles. The highest BCUT2D eigenvalue weighted by atomic mass is 32.2. The van der Waals surface area contributed by atoms with Crippen LogP contribution in [0.2, 0.25) is 0 Å². The number of nitrogens with one attached hydrogen (secondary N) is 1. The average molecular weight is 372 g/mol. The smallest absolute Gasteiger partial charge is 0.323 e. The van der Waals surface area contributed by atoms with Gasteiger partial charge in [0.05, 0.1) is 14.2 Å². The third-order valence-corrected chi connectivity index (χ3v) is 5.75. The lowest BCUT2D eigenvalue weighted by Gasteiger charge is -2.25. The van der Waals surface area contributed by atoms with Crippen LogP contribution in [-0.2, 0) is 6.42 Å². The first-order valence-electron chi connectivity index (χ1n) is 8.67. The third kappa shape index (κ3) is 3.75. The number of aryl methyl sites for hydroxylation is 1. The highest BCUT2D eigenvalue weighted by Crippen LogP contribution is 2.41. The maximum atomic E-state index is 12.9. The van der Waals surface area contributed by atoms with Crippen LogP contribution in [0.3, 0.4) is 0 Å². The Labute approximate surface area is 158 Å². The molecule has 0 radical (unpaired) electrons. The van der Waals surface area contributed by atoms with E-state index < -0.39 is 0 Å². The van der Waals surface area contributed by atoms with E-state index in [1.54, 1.807) is 26.0 Å². The van der Waals surface area contributed by atoms with E-state index in [1.807, 2.05) is 47.4 Å². The summed E-state index contributed by atoms with van der Waals surface area (Å²) in [5.74, 6) is 2.27. The van der Waals surface area contributed by atoms with Gasteiger partial charge in [-0.15, -0.1) is 11.8 Å². The highest BCUT2D eigenvalue weighted by molar-refractivity contribution is 7.99. The zero-order valence-corrected chi connectivity index (χ0v) is 16.1. The number of carbonyl (C=O) groups is 1. The molecule has 1 fully saturated rings. The Hall–Kier alpha value is -2.34. The van der Waals surface area contributed by atoms with Crippen LogP contribution in [0.5, 0.6) is 11.5 Å². The number of rotatable bonds is 5. The van der Waals surface area contributed by atoms with E-state index in [4.69, 9.17) is 9.47 Å². The Morgan fingerprint density at radius 3 is 2.69 bits per heavy atom. The fourth-order valence-electron chi connectivity index (χ4n) is 3.10. The van der Waals surface area contributed by atoms with E-state index in [9.17, 15) is 4.79 Å². The van der Waals surface area contributed by atoms with E-state index in [0.29, 0.717) is 18.0 Å². The number of para-hydroxylation sites is 1. The number of nitrogens with zero attached hydrogens (tertiary/aromatic N) is 1. The van der Waals surface area contributed by atoms with Crippen LogP contribution in [0.4, 0.5) is 10.5 Å². The lowest BCUT2D eigenvalue weighted by Crippen LogP contribution is -2.34. The van der Waals surface area contributed by atoms with Crippen LogP contribution in [-0.4, -0.2) is 37.4 Å². The van der Waals surface area contributed by atoms with E-state index >= 15 is 0 Å². The standard InChI is InChI=1S/C20H24N2O3S/c1-4-14-7-5-6-8-16(14)21-20(23)22-11-12-26-19(22)15-9-10-17(24-2)18(13-15)25-3/h5-10,13,19H,4,11-12H2,1-3H3,(H,21,23). The van der Waals surface area contributed by atoms with Crippen molar-refractivity contribution in [1.29, 1.82) is 0 Å². The van der Waals surface area contributed by atoms with Crippen LogP contribution < -0.4 is 14.8 Å². The number of thioether (sulfide) groups is 1. The number of hydrogen-bond acceptors (Lipinski definition) is 4. The van der Waals surface area contributed by atoms with E-state index in [2.05, 4.69) is 12.2 Å². The first-order valence-corrected chi connectivity index (χ1v) is 9.71. The Bertz CT molecular complexity index is 781. The van der Waals surface area contributed by atoms with E-state index in [0.717, 1.165) is 29.0 Å². The molecule has 1 saturated heterocycles. The summed E-state index contributed by atoms with van der Waals surface area (Å²) in [6, 6.07) is 13.7. The number of carbonyl (C=O) groups excluding carboxylic acids is 1. The number of benzene rings is 2. The van der Waals surface area contributed by atoms with Crippen LogP contribution in [0.15, 0.2) is 42.5 Å². The second-order valence-corrected chi connectivity index (χ2v) is 7.16. The Balaban J connectivity index is 1.80. The number of anilines is 1. The zero-order valence-electron chi connectivity index (χ0n) is 15.3. The molecular formula is C20H24N2O3S. The van der Waals surface area contributed by atoms with Gasteiger partial charge in [0.25, 0.3) is 0 Å². The number of urea groups is 1. The van der Waals surface area contributed by atoms with Gasteiger partial charge in [-0.25, -0.2) is 4.79 Å². The molecule has 1 heterocycles. The van der Waals surface area contributed by atoms with Crippen LogP contribution >= 0.6 is 11.8 Å². The van der Waals surface area contributed by atoms with Gasteiger partial charge in [-0.05, 0) is 35.7 Å². The highest BCUT2D eigenvalue weighted by Gasteiger charge is 2.31. The van der Waals surface area contributed by atoms with Gasteiger partial charge in [0, 0.05) is 18.0 Å². The lowest BCUT2D eigenvalue weighted by atomic mass is 10.1. The number of hydrogen-bond donors (Lipinski definition) is 1. The average Bonchev–Trinajstić information content (AvgIpc) is 3.17. The molecule has 0 bridgehead atoms. The molecule has 1 N–H and O–H groups in total. The summed E-state index contributed by atoms with van der Waals surface area (Å²) >= 11 is 1.75. The fraction of sp³-hybridized carbons (Fsp3) is 0.350. The maximum absolute atomic E-state index is 12.9. The molecule has 2 aromatic carbocycles. The summed E-state index contributed by atoms with van der Waals surface area (Å²) in [4.78, 5) is 14.8. The summed E-state index contributed by atoms with van der Waals surface area (Å²) in [5, 5.41) is 3.03. The SMILES string of the molecule is CCc1ccccc1NC(=O)N1CCSC1c1ccc(OC)c(OC)c1. The number of ether oxygens (including phenoxy) is 2. The molecule has 0 saturated carbocycles. The van der Waals surface area contributed by atoms with Crippen molar-refractivity contribution in [1.82, 2.24) is 4.90 Å². The van der Waals surface area contributed by atoms with Gasteiger partial charge in [0.2, 0.25) is 0 Å². The van der Waals surface area contributed by atoms with E-state index in [1.165, 1.54) is 0 Å². The van der Waals surface area contributed by atoms with Gasteiger partial charge in [0.15, 0.2) is 11.5 Å². The van der Waals surface area contributed by atoms with Gasteiger partial charge in [-0.2, -0.15) is 0 Å². The molecular weight excluding hydrogens is 348 g/mol. The molecule has 138 valence electrons. The molecule has 0 spiro atoms. The molecule has 3 rings (SSSR count). The number of methoxy groups -OCH3 is 2. The molecule has 0 aromatic heterocycles. The van der Waals surface area contributed by atoms with Crippen LogP contribution in [0.1, 0.15) is 23.4 Å². The van der Waals surface area contributed by atoms with Crippen molar-refractivity contribution in [2.45, 2.75) is 18.7 Å². The predicted molar refractivity (Wildman–Crippen MR) is 106 cm³/mol. The largest absolute Gasteiger partial charge is 0.493 e. The van der Waals surface area contributed by atoms with Gasteiger partial charge in [-0.3, -0.25) is 0 Å². The number of amides is 2. The summed E-state index contributed by atoms with van der Waals surface area (Å²) in [6.07, 6.45) is 0.879. The fourth-order valence-corrected chi connectivity index (χ4v) is 4.34. The molecule has 1 aliphatic rings. The topological polar surface area (TPSA) is 50.8 Å². The molecule has 1 atom stereocenters. The summed E-state index contributed by atoms with van der Waals surface area (Å²) in [7, 11) is 3.24. The first-order chi connectivity index (χ1) is 12.7. The predicted octanol–water partition coefficient (Wildman–Crippen LogP) is 4.55. The molecule has 2 aromatic rings. The maximum Gasteiger partial charge on any atom is 0.323 e. The Morgan fingerprint density at radius 2 is 1.96 bits per heavy atom. The molecule has 2 amide bonds. The first kappa shape index (κ1) is 18.5. The summed E-state index contributed by atoms with van der Waals surface area (Å²) in [6.45, 7) is 2.80. The molecule has 0 aliphatic carbocycles. The monoisotopic (exact) mass is 372 g/mol. The quantitative estimate of drug-likeness (QED) is 0.837. The van der Waals surface area contributed by atoms with Crippen molar-refractivity contribution >= 4 is 23.5 Å². The molecule has 5 nitrogen and oxygen atoms in total. The Morgan fingerprint density at radius 1 is 1.19 bits per heavy atom. The van der Waals surface area contributed by atoms with Crippen molar-refractivity contribution in [3.63, 3.8) is 0 Å². The second kappa shape index (κ2) is 8.36. The van der Waals surface area contributed by atoms with Crippen molar-refractivity contribution in [2.24, 2.45) is 0 Å². The van der Waals surface area contributed by atoms with Crippen molar-refractivity contribution in [2.75, 3.05) is 31.8 Å². The van der Waals surface area contributed by atoms with Crippen LogP contribution in [0.25, 0.3) is 0 Å². The van der Waals surface area contributed by atoms with Gasteiger partial charge in [-0.1, -0.05) is 31.2 Å². The van der Waals surface area contributed by atoms with Crippen molar-refractivity contribution in [3.8, 4) is 11.5 Å². The summed E-state index contributed by atoms with van der Waals surface area (Å²) in [5.41, 5.74) is 3.04. The van der Waals surface area contributed by atoms with Crippen molar-refractivity contribution in [3.05, 3.63) is 53.6 Å². The van der Waals surface area contributed by atoms with Gasteiger partial charge >= 0.3 is 6.03 Å². The second-order valence-electron chi connectivity index (χ2n) is 5.97. The molecule has 6 heteroatoms. The lowest BCUT2D eigenvalue weighted by molar-refractivity contribution is 0.214. The zero-order chi connectivity index (χ0) is 18.5. The summed E-state index contributed by atoms with van der Waals surface area (Å²) < 4.78 is 10.7. The molecule has 26 heavy (non-hydrogen) atoms. The van der Waals surface area contributed by atoms with Gasteiger partial charge < -0.3 is 19.7 Å². The Kier molecular flexibility index (Phi) is 5.93. The molecule has 1 unspecified atom stereocenters.